The maximum absolute atomic E-state index is 10.1. The van der Waals surface area contributed by atoms with E-state index in [-0.39, 0.29) is 31.3 Å². The second-order valence-corrected chi connectivity index (χ2v) is 3.66. The molecule has 0 aliphatic rings. The summed E-state index contributed by atoms with van der Waals surface area (Å²) in [6.07, 6.45) is 2.72. The Bertz CT molecular complexity index is 177. The van der Waals surface area contributed by atoms with E-state index in [1.807, 2.05) is 27.7 Å². The average Bonchev–Trinajstić information content (AvgIpc) is 2.21. The summed E-state index contributed by atoms with van der Waals surface area (Å²) in [6.45, 7) is 7.40. The van der Waals surface area contributed by atoms with Crippen molar-refractivity contribution >= 4 is 11.9 Å². The molecule has 0 saturated heterocycles. The van der Waals surface area contributed by atoms with E-state index in [0.29, 0.717) is 25.7 Å². The van der Waals surface area contributed by atoms with E-state index in [1.165, 1.54) is 0 Å². The van der Waals surface area contributed by atoms with Crippen LogP contribution in [0.25, 0.3) is 0 Å². The van der Waals surface area contributed by atoms with E-state index in [0.717, 1.165) is 0 Å². The summed E-state index contributed by atoms with van der Waals surface area (Å²) in [7, 11) is 0. The fourth-order valence-corrected chi connectivity index (χ4v) is 1.24. The largest absolute Gasteiger partial charge is 2.00 e. The number of rotatable bonds is 6. The van der Waals surface area contributed by atoms with Gasteiger partial charge in [0.15, 0.2) is 0 Å². The van der Waals surface area contributed by atoms with Crippen LogP contribution in [-0.2, 0) is 29.1 Å². The Kier molecular flexibility index (Phi) is 17.5. The molecule has 4 nitrogen and oxygen atoms in total. The van der Waals surface area contributed by atoms with Crippen molar-refractivity contribution in [3.8, 4) is 0 Å². The van der Waals surface area contributed by atoms with Crippen molar-refractivity contribution in [3.05, 3.63) is 0 Å². The second-order valence-electron chi connectivity index (χ2n) is 3.66. The smallest absolute Gasteiger partial charge is 0.550 e. The molecule has 0 fully saturated rings. The molecule has 0 spiro atoms. The molecule has 17 heavy (non-hydrogen) atoms. The van der Waals surface area contributed by atoms with Crippen molar-refractivity contribution in [1.82, 2.24) is 0 Å². The Balaban J connectivity index is -0.000000218. The molecule has 0 saturated carbocycles. The van der Waals surface area contributed by atoms with Gasteiger partial charge in [-0.1, -0.05) is 27.7 Å². The fraction of sp³-hybridized carbons (Fsp3) is 0.833. The molecule has 0 atom stereocenters. The maximum atomic E-state index is 10.1. The van der Waals surface area contributed by atoms with Crippen LogP contribution >= 0.6 is 0 Å². The monoisotopic (exact) mass is 294 g/mol. The van der Waals surface area contributed by atoms with Gasteiger partial charge >= 0.3 is 19.5 Å². The van der Waals surface area contributed by atoms with Crippen LogP contribution in [0.2, 0.25) is 0 Å². The normalized spacial score (nSPS) is 9.29. The molecule has 0 amide bonds. The minimum absolute atomic E-state index is 0. The molecule has 0 aromatic heterocycles. The van der Waals surface area contributed by atoms with E-state index in [1.54, 1.807) is 0 Å². The number of carbonyl (C=O) groups is 2. The SMILES string of the molecule is CCC(CC)C(=O)[O-].CCC(CC)C(=O)[O-].[Zn+2]. The van der Waals surface area contributed by atoms with E-state index in [2.05, 4.69) is 0 Å². The van der Waals surface area contributed by atoms with Crippen molar-refractivity contribution in [2.75, 3.05) is 0 Å². The molecule has 0 unspecified atom stereocenters. The Labute approximate surface area is 117 Å². The van der Waals surface area contributed by atoms with Crippen molar-refractivity contribution in [1.29, 1.82) is 0 Å². The zero-order chi connectivity index (χ0) is 13.1. The molecule has 5 heteroatoms. The third kappa shape index (κ3) is 11.8. The van der Waals surface area contributed by atoms with Crippen molar-refractivity contribution in [2.45, 2.75) is 53.4 Å². The summed E-state index contributed by atoms with van der Waals surface area (Å²) < 4.78 is 0. The van der Waals surface area contributed by atoms with Gasteiger partial charge in [-0.25, -0.2) is 0 Å². The number of carboxylic acids is 2. The van der Waals surface area contributed by atoms with Crippen LogP contribution < -0.4 is 10.2 Å². The van der Waals surface area contributed by atoms with Gasteiger partial charge in [0.25, 0.3) is 0 Å². The average molecular weight is 296 g/mol. The zero-order valence-corrected chi connectivity index (χ0v) is 14.3. The Morgan fingerprint density at radius 3 is 0.941 bits per heavy atom. The van der Waals surface area contributed by atoms with E-state index >= 15 is 0 Å². The standard InChI is InChI=1S/2C6H12O2.Zn/c2*1-3-5(4-2)6(7)8;/h2*5H,3-4H2,1-2H3,(H,7,8);/q;;+2/p-2. The third-order valence-electron chi connectivity index (χ3n) is 2.64. The molecule has 0 bridgehead atoms. The Morgan fingerprint density at radius 1 is 0.765 bits per heavy atom. The molecular formula is C12H22O4Zn. The van der Waals surface area contributed by atoms with Crippen LogP contribution in [0, 0.1) is 11.8 Å². The topological polar surface area (TPSA) is 80.3 Å². The van der Waals surface area contributed by atoms with Gasteiger partial charge in [0, 0.05) is 11.9 Å². The van der Waals surface area contributed by atoms with Gasteiger partial charge in [-0.2, -0.15) is 0 Å². The molecule has 0 rings (SSSR count). The first-order valence-electron chi connectivity index (χ1n) is 5.86. The summed E-state index contributed by atoms with van der Waals surface area (Å²) in [5.74, 6) is -2.32. The Morgan fingerprint density at radius 2 is 0.941 bits per heavy atom. The van der Waals surface area contributed by atoms with Gasteiger partial charge in [0.05, 0.1) is 0 Å². The first kappa shape index (κ1) is 21.8. The number of hydrogen-bond acceptors (Lipinski definition) is 4. The molecule has 0 radical (unpaired) electrons. The predicted octanol–water partition coefficient (Wildman–Crippen LogP) is 0.343. The summed E-state index contributed by atoms with van der Waals surface area (Å²) >= 11 is 0. The number of carbonyl (C=O) groups excluding carboxylic acids is 2. The second kappa shape index (κ2) is 13.6. The van der Waals surface area contributed by atoms with Crippen LogP contribution in [0.1, 0.15) is 53.4 Å². The molecule has 0 N–H and O–H groups in total. The number of aliphatic carboxylic acids is 2. The van der Waals surface area contributed by atoms with E-state index in [4.69, 9.17) is 0 Å². The number of hydrogen-bond donors (Lipinski definition) is 0. The molecule has 0 aliphatic heterocycles. The first-order valence-corrected chi connectivity index (χ1v) is 5.86. The van der Waals surface area contributed by atoms with Crippen molar-refractivity contribution in [2.24, 2.45) is 11.8 Å². The molecule has 0 heterocycles. The van der Waals surface area contributed by atoms with Gasteiger partial charge < -0.3 is 19.8 Å². The van der Waals surface area contributed by atoms with Gasteiger partial charge in [0.2, 0.25) is 0 Å². The molecule has 0 aromatic rings. The van der Waals surface area contributed by atoms with Crippen molar-refractivity contribution in [3.63, 3.8) is 0 Å². The molecular weight excluding hydrogens is 274 g/mol. The zero-order valence-electron chi connectivity index (χ0n) is 11.3. The minimum Gasteiger partial charge on any atom is -0.550 e. The van der Waals surface area contributed by atoms with E-state index in [9.17, 15) is 19.8 Å². The summed E-state index contributed by atoms with van der Waals surface area (Å²) in [4.78, 5) is 20.1. The van der Waals surface area contributed by atoms with Crippen LogP contribution in [0.15, 0.2) is 0 Å². The summed E-state index contributed by atoms with van der Waals surface area (Å²) in [6, 6.07) is 0. The van der Waals surface area contributed by atoms with Crippen LogP contribution in [0.4, 0.5) is 0 Å². The molecule has 96 valence electrons. The minimum atomic E-state index is -0.921. The quantitative estimate of drug-likeness (QED) is 0.662. The van der Waals surface area contributed by atoms with Crippen LogP contribution in [0.3, 0.4) is 0 Å². The van der Waals surface area contributed by atoms with Gasteiger partial charge in [-0.15, -0.1) is 0 Å². The van der Waals surface area contributed by atoms with Gasteiger partial charge in [-0.3, -0.25) is 0 Å². The first-order chi connectivity index (χ1) is 7.44. The number of carboxylic acid groups (broad SMARTS) is 2. The van der Waals surface area contributed by atoms with Crippen LogP contribution in [0.5, 0.6) is 0 Å². The molecule has 0 aromatic carbocycles. The van der Waals surface area contributed by atoms with E-state index < -0.39 is 11.9 Å². The maximum Gasteiger partial charge on any atom is 2.00 e. The predicted molar refractivity (Wildman–Crippen MR) is 58.2 cm³/mol. The third-order valence-corrected chi connectivity index (χ3v) is 2.64. The van der Waals surface area contributed by atoms with Gasteiger partial charge in [-0.05, 0) is 37.5 Å². The fourth-order valence-electron chi connectivity index (χ4n) is 1.24. The molecule has 0 aliphatic carbocycles. The summed E-state index contributed by atoms with van der Waals surface area (Å²) in [5, 5.41) is 20.1. The van der Waals surface area contributed by atoms with Crippen molar-refractivity contribution < 1.29 is 39.3 Å². The van der Waals surface area contributed by atoms with Gasteiger partial charge in [0.1, 0.15) is 0 Å². The Hall–Kier alpha value is -0.437. The summed E-state index contributed by atoms with van der Waals surface area (Å²) in [5.41, 5.74) is 0. The van der Waals surface area contributed by atoms with Crippen LogP contribution in [-0.4, -0.2) is 11.9 Å².